The monoisotopic (exact) mass is 393 g/mol. The van der Waals surface area contributed by atoms with E-state index in [4.69, 9.17) is 9.47 Å². The van der Waals surface area contributed by atoms with Crippen LogP contribution in [-0.4, -0.2) is 32.8 Å². The summed E-state index contributed by atoms with van der Waals surface area (Å²) in [4.78, 5) is 12.3. The van der Waals surface area contributed by atoms with E-state index in [1.807, 2.05) is 24.3 Å². The van der Waals surface area contributed by atoms with Gasteiger partial charge >= 0.3 is 6.61 Å². The average Bonchev–Trinajstić information content (AvgIpc) is 2.66. The van der Waals surface area contributed by atoms with Crippen LogP contribution in [0.2, 0.25) is 0 Å². The van der Waals surface area contributed by atoms with Crippen LogP contribution < -0.4 is 19.5 Å². The lowest BCUT2D eigenvalue weighted by molar-refractivity contribution is -0.0512. The van der Waals surface area contributed by atoms with Crippen molar-refractivity contribution in [3.8, 4) is 17.2 Å². The zero-order chi connectivity index (χ0) is 20.5. The zero-order valence-corrected chi connectivity index (χ0v) is 16.2. The SMILES string of the molecule is COc1ccc(C(=O)NCCc2ccc(OCC(C)C)cc2)cc1OC(F)F. The van der Waals surface area contributed by atoms with E-state index in [-0.39, 0.29) is 23.0 Å². The maximum absolute atomic E-state index is 12.5. The number of carbonyl (C=O) groups excluding carboxylic acids is 1. The Morgan fingerprint density at radius 1 is 1.07 bits per heavy atom. The van der Waals surface area contributed by atoms with Crippen molar-refractivity contribution in [2.75, 3.05) is 20.3 Å². The van der Waals surface area contributed by atoms with Crippen molar-refractivity contribution in [1.29, 1.82) is 0 Å². The number of ether oxygens (including phenoxy) is 3. The van der Waals surface area contributed by atoms with Gasteiger partial charge in [-0.25, -0.2) is 0 Å². The normalized spacial score (nSPS) is 10.8. The summed E-state index contributed by atoms with van der Waals surface area (Å²) in [5.41, 5.74) is 1.27. The Kier molecular flexibility index (Phi) is 8.04. The van der Waals surface area contributed by atoms with Crippen molar-refractivity contribution in [2.45, 2.75) is 26.9 Å². The molecule has 7 heteroatoms. The number of alkyl halides is 2. The molecule has 28 heavy (non-hydrogen) atoms. The van der Waals surface area contributed by atoms with Crippen molar-refractivity contribution in [3.63, 3.8) is 0 Å². The fourth-order valence-corrected chi connectivity index (χ4v) is 2.44. The summed E-state index contributed by atoms with van der Waals surface area (Å²) in [6, 6.07) is 11.8. The average molecular weight is 393 g/mol. The molecule has 1 amide bonds. The number of amides is 1. The summed E-state index contributed by atoms with van der Waals surface area (Å²) in [5.74, 6) is 0.850. The number of methoxy groups -OCH3 is 1. The van der Waals surface area contributed by atoms with Gasteiger partial charge in [0.2, 0.25) is 0 Å². The third-order valence-corrected chi connectivity index (χ3v) is 3.85. The number of hydrogen-bond donors (Lipinski definition) is 1. The lowest BCUT2D eigenvalue weighted by Crippen LogP contribution is -2.25. The summed E-state index contributed by atoms with van der Waals surface area (Å²) < 4.78 is 40.0. The molecule has 0 atom stereocenters. The maximum atomic E-state index is 12.5. The van der Waals surface area contributed by atoms with Gasteiger partial charge in [0.25, 0.3) is 5.91 Å². The Balaban J connectivity index is 1.88. The Bertz CT molecular complexity index is 764. The molecule has 0 aliphatic heterocycles. The molecule has 0 spiro atoms. The summed E-state index contributed by atoms with van der Waals surface area (Å²) in [6.07, 6.45) is 0.632. The zero-order valence-electron chi connectivity index (χ0n) is 16.2. The highest BCUT2D eigenvalue weighted by atomic mass is 19.3. The van der Waals surface area contributed by atoms with Crippen LogP contribution in [0, 0.1) is 5.92 Å². The third-order valence-electron chi connectivity index (χ3n) is 3.85. The highest BCUT2D eigenvalue weighted by molar-refractivity contribution is 5.94. The van der Waals surface area contributed by atoms with Crippen LogP contribution in [0.1, 0.15) is 29.8 Å². The molecule has 0 aromatic heterocycles. The van der Waals surface area contributed by atoms with Crippen LogP contribution in [0.25, 0.3) is 0 Å². The molecular formula is C21H25F2NO4. The molecule has 152 valence electrons. The van der Waals surface area contributed by atoms with E-state index >= 15 is 0 Å². The van der Waals surface area contributed by atoms with Gasteiger partial charge in [-0.2, -0.15) is 8.78 Å². The molecule has 0 heterocycles. The minimum Gasteiger partial charge on any atom is -0.493 e. The van der Waals surface area contributed by atoms with Crippen molar-refractivity contribution in [3.05, 3.63) is 53.6 Å². The quantitative estimate of drug-likeness (QED) is 0.654. The molecule has 2 aromatic carbocycles. The Morgan fingerprint density at radius 3 is 2.39 bits per heavy atom. The molecule has 0 unspecified atom stereocenters. The van der Waals surface area contributed by atoms with Crippen LogP contribution in [0.15, 0.2) is 42.5 Å². The molecular weight excluding hydrogens is 368 g/mol. The van der Waals surface area contributed by atoms with E-state index in [1.165, 1.54) is 25.3 Å². The molecule has 0 fully saturated rings. The molecule has 0 saturated carbocycles. The predicted octanol–water partition coefficient (Wildman–Crippen LogP) is 4.30. The molecule has 2 aromatic rings. The molecule has 0 aliphatic carbocycles. The van der Waals surface area contributed by atoms with E-state index in [1.54, 1.807) is 0 Å². The number of carbonyl (C=O) groups is 1. The minimum absolute atomic E-state index is 0.136. The fourth-order valence-electron chi connectivity index (χ4n) is 2.44. The first kappa shape index (κ1) is 21.5. The van der Waals surface area contributed by atoms with Gasteiger partial charge in [0.05, 0.1) is 13.7 Å². The summed E-state index contributed by atoms with van der Waals surface area (Å²) in [6.45, 7) is 2.24. The van der Waals surface area contributed by atoms with Gasteiger partial charge in [-0.05, 0) is 48.2 Å². The van der Waals surface area contributed by atoms with Gasteiger partial charge in [0.15, 0.2) is 11.5 Å². The van der Waals surface area contributed by atoms with E-state index < -0.39 is 6.61 Å². The number of rotatable bonds is 10. The summed E-state index contributed by atoms with van der Waals surface area (Å²) in [5, 5.41) is 2.77. The standard InChI is InChI=1S/C21H25F2NO4/c1-14(2)13-27-17-7-4-15(5-8-17)10-11-24-20(25)16-6-9-18(26-3)19(12-16)28-21(22)23/h4-9,12,14,21H,10-11,13H2,1-3H3,(H,24,25). The van der Waals surface area contributed by atoms with E-state index in [9.17, 15) is 13.6 Å². The second kappa shape index (κ2) is 10.5. The molecule has 2 rings (SSSR count). The maximum Gasteiger partial charge on any atom is 0.387 e. The lowest BCUT2D eigenvalue weighted by atomic mass is 10.1. The molecule has 0 radical (unpaired) electrons. The number of benzene rings is 2. The van der Waals surface area contributed by atoms with E-state index in [0.29, 0.717) is 25.5 Å². The summed E-state index contributed by atoms with van der Waals surface area (Å²) in [7, 11) is 1.34. The molecule has 0 bridgehead atoms. The fraction of sp³-hybridized carbons (Fsp3) is 0.381. The Hall–Kier alpha value is -2.83. The first-order valence-electron chi connectivity index (χ1n) is 9.02. The van der Waals surface area contributed by atoms with Crippen LogP contribution >= 0.6 is 0 Å². The molecule has 1 N–H and O–H groups in total. The van der Waals surface area contributed by atoms with Gasteiger partial charge < -0.3 is 19.5 Å². The van der Waals surface area contributed by atoms with Crippen LogP contribution in [0.5, 0.6) is 17.2 Å². The largest absolute Gasteiger partial charge is 0.493 e. The number of nitrogens with one attached hydrogen (secondary N) is 1. The lowest BCUT2D eigenvalue weighted by Gasteiger charge is -2.12. The van der Waals surface area contributed by atoms with Gasteiger partial charge in [-0.3, -0.25) is 4.79 Å². The van der Waals surface area contributed by atoms with Crippen LogP contribution in [0.4, 0.5) is 8.78 Å². The minimum atomic E-state index is -3.00. The predicted molar refractivity (Wildman–Crippen MR) is 102 cm³/mol. The van der Waals surface area contributed by atoms with Crippen molar-refractivity contribution < 1.29 is 27.8 Å². The second-order valence-electron chi connectivity index (χ2n) is 6.60. The van der Waals surface area contributed by atoms with Crippen molar-refractivity contribution in [1.82, 2.24) is 5.32 Å². The molecule has 5 nitrogen and oxygen atoms in total. The van der Waals surface area contributed by atoms with Gasteiger partial charge in [-0.15, -0.1) is 0 Å². The van der Waals surface area contributed by atoms with Crippen LogP contribution in [0.3, 0.4) is 0 Å². The summed E-state index contributed by atoms with van der Waals surface area (Å²) >= 11 is 0. The smallest absolute Gasteiger partial charge is 0.387 e. The first-order valence-corrected chi connectivity index (χ1v) is 9.02. The van der Waals surface area contributed by atoms with Crippen molar-refractivity contribution >= 4 is 5.91 Å². The van der Waals surface area contributed by atoms with Gasteiger partial charge in [0.1, 0.15) is 5.75 Å². The molecule has 0 saturated heterocycles. The Morgan fingerprint density at radius 2 is 1.79 bits per heavy atom. The first-order chi connectivity index (χ1) is 13.4. The highest BCUT2D eigenvalue weighted by Gasteiger charge is 2.14. The van der Waals surface area contributed by atoms with Crippen LogP contribution in [-0.2, 0) is 6.42 Å². The highest BCUT2D eigenvalue weighted by Crippen LogP contribution is 2.29. The Labute approximate surface area is 163 Å². The number of halogens is 2. The third kappa shape index (κ3) is 6.72. The van der Waals surface area contributed by atoms with E-state index in [0.717, 1.165) is 11.3 Å². The number of hydrogen-bond acceptors (Lipinski definition) is 4. The second-order valence-corrected chi connectivity index (χ2v) is 6.60. The van der Waals surface area contributed by atoms with Gasteiger partial charge in [-0.1, -0.05) is 26.0 Å². The molecule has 0 aliphatic rings. The topological polar surface area (TPSA) is 56.8 Å². The van der Waals surface area contributed by atoms with Crippen molar-refractivity contribution in [2.24, 2.45) is 5.92 Å². The van der Waals surface area contributed by atoms with Gasteiger partial charge in [0, 0.05) is 12.1 Å². The van der Waals surface area contributed by atoms with E-state index in [2.05, 4.69) is 23.9 Å².